The summed E-state index contributed by atoms with van der Waals surface area (Å²) in [5.41, 5.74) is 3.52. The van der Waals surface area contributed by atoms with Crippen LogP contribution in [0.5, 0.6) is 11.5 Å². The van der Waals surface area contributed by atoms with Crippen molar-refractivity contribution in [1.82, 2.24) is 14.4 Å². The molecule has 4 rings (SSSR count). The van der Waals surface area contributed by atoms with Gasteiger partial charge in [-0.3, -0.25) is 4.40 Å². The third kappa shape index (κ3) is 4.06. The maximum Gasteiger partial charge on any atom is 0.209 e. The lowest BCUT2D eigenvalue weighted by Crippen LogP contribution is -2.28. The second-order valence-electron chi connectivity index (χ2n) is 6.90. The van der Waals surface area contributed by atoms with Crippen molar-refractivity contribution in [3.05, 3.63) is 72.6 Å². The molecule has 0 aliphatic heterocycles. The average Bonchev–Trinajstić information content (AvgIpc) is 3.27. The van der Waals surface area contributed by atoms with Gasteiger partial charge in [0.15, 0.2) is 11.5 Å². The van der Waals surface area contributed by atoms with Crippen LogP contribution in [-0.4, -0.2) is 46.3 Å². The van der Waals surface area contributed by atoms with E-state index in [-0.39, 0.29) is 12.6 Å². The van der Waals surface area contributed by atoms with Gasteiger partial charge in [0.1, 0.15) is 5.65 Å². The van der Waals surface area contributed by atoms with Crippen molar-refractivity contribution < 1.29 is 14.6 Å². The molecule has 7 heteroatoms. The molecule has 0 saturated heterocycles. The number of aliphatic hydroxyl groups is 1. The predicted octanol–water partition coefficient (Wildman–Crippen LogP) is 3.43. The summed E-state index contributed by atoms with van der Waals surface area (Å²) in [6, 6.07) is 17.5. The Balaban J connectivity index is 1.69. The van der Waals surface area contributed by atoms with Crippen LogP contribution in [0, 0.1) is 0 Å². The number of rotatable bonds is 8. The van der Waals surface area contributed by atoms with Crippen LogP contribution in [0.2, 0.25) is 0 Å². The first-order chi connectivity index (χ1) is 14.7. The molecule has 0 amide bonds. The van der Waals surface area contributed by atoms with Crippen LogP contribution in [-0.2, 0) is 6.42 Å². The summed E-state index contributed by atoms with van der Waals surface area (Å²) in [5.74, 6) is 1.90. The topological polar surface area (TPSA) is 80.9 Å². The van der Waals surface area contributed by atoms with E-state index in [9.17, 15) is 5.11 Å². The zero-order valence-corrected chi connectivity index (χ0v) is 16.9. The largest absolute Gasteiger partial charge is 0.493 e. The number of nitrogens with one attached hydrogen (secondary N) is 1. The summed E-state index contributed by atoms with van der Waals surface area (Å²) in [6.07, 6.45) is 4.25. The van der Waals surface area contributed by atoms with Crippen molar-refractivity contribution in [3.63, 3.8) is 0 Å². The Labute approximate surface area is 174 Å². The molecular formula is C23H24N4O3. The lowest BCUT2D eigenvalue weighted by molar-refractivity contribution is 0.273. The summed E-state index contributed by atoms with van der Waals surface area (Å²) in [7, 11) is 3.21. The second kappa shape index (κ2) is 8.84. The van der Waals surface area contributed by atoms with Gasteiger partial charge in [-0.15, -0.1) is 0 Å². The molecule has 0 bridgehead atoms. The first-order valence-electron chi connectivity index (χ1n) is 9.69. The van der Waals surface area contributed by atoms with Gasteiger partial charge in [0.25, 0.3) is 0 Å². The van der Waals surface area contributed by atoms with Gasteiger partial charge in [0.2, 0.25) is 5.95 Å². The molecule has 4 aromatic rings. The molecule has 0 saturated carbocycles. The normalized spacial score (nSPS) is 12.0. The smallest absolute Gasteiger partial charge is 0.209 e. The zero-order valence-electron chi connectivity index (χ0n) is 16.9. The highest BCUT2D eigenvalue weighted by atomic mass is 16.5. The van der Waals surface area contributed by atoms with Crippen LogP contribution in [0.15, 0.2) is 67.0 Å². The van der Waals surface area contributed by atoms with Gasteiger partial charge in [-0.1, -0.05) is 30.3 Å². The molecule has 2 aromatic carbocycles. The molecule has 0 aliphatic rings. The molecule has 0 spiro atoms. The number of benzene rings is 2. The van der Waals surface area contributed by atoms with Gasteiger partial charge < -0.3 is 19.9 Å². The van der Waals surface area contributed by atoms with E-state index in [2.05, 4.69) is 10.3 Å². The first-order valence-corrected chi connectivity index (χ1v) is 9.69. The molecule has 7 nitrogen and oxygen atoms in total. The lowest BCUT2D eigenvalue weighted by atomic mass is 10.1. The van der Waals surface area contributed by atoms with Crippen molar-refractivity contribution >= 4 is 11.6 Å². The first kappa shape index (κ1) is 19.7. The Hall–Kier alpha value is -3.58. The highest BCUT2D eigenvalue weighted by Crippen LogP contribution is 2.32. The SMILES string of the molecule is COc1ccc(-c2cc3nccn3c(NC(CO)Cc3ccccc3)n2)cc1OC. The quantitative estimate of drug-likeness (QED) is 0.468. The monoisotopic (exact) mass is 404 g/mol. The number of imidazole rings is 1. The van der Waals surface area contributed by atoms with E-state index in [1.165, 1.54) is 0 Å². The van der Waals surface area contributed by atoms with Crippen molar-refractivity contribution in [3.8, 4) is 22.8 Å². The minimum Gasteiger partial charge on any atom is -0.493 e. The van der Waals surface area contributed by atoms with Gasteiger partial charge in [-0.05, 0) is 30.2 Å². The van der Waals surface area contributed by atoms with E-state index in [0.717, 1.165) is 22.5 Å². The summed E-state index contributed by atoms with van der Waals surface area (Å²) in [4.78, 5) is 9.23. The fourth-order valence-electron chi connectivity index (χ4n) is 3.41. The van der Waals surface area contributed by atoms with E-state index >= 15 is 0 Å². The lowest BCUT2D eigenvalue weighted by Gasteiger charge is -2.19. The van der Waals surface area contributed by atoms with Crippen LogP contribution in [0.3, 0.4) is 0 Å². The number of aliphatic hydroxyl groups excluding tert-OH is 1. The molecule has 30 heavy (non-hydrogen) atoms. The molecule has 154 valence electrons. The molecular weight excluding hydrogens is 380 g/mol. The van der Waals surface area contributed by atoms with Crippen molar-refractivity contribution in [1.29, 1.82) is 0 Å². The summed E-state index contributed by atoms with van der Waals surface area (Å²) in [5, 5.41) is 13.3. The highest BCUT2D eigenvalue weighted by Gasteiger charge is 2.15. The third-order valence-electron chi connectivity index (χ3n) is 4.95. The minimum absolute atomic E-state index is 0.0205. The Kier molecular flexibility index (Phi) is 5.81. The molecule has 0 fully saturated rings. The summed E-state index contributed by atoms with van der Waals surface area (Å²) in [6.45, 7) is -0.0205. The maximum absolute atomic E-state index is 9.94. The Morgan fingerprint density at radius 2 is 1.83 bits per heavy atom. The van der Waals surface area contributed by atoms with Gasteiger partial charge in [-0.25, -0.2) is 9.97 Å². The van der Waals surface area contributed by atoms with Crippen molar-refractivity contribution in [2.75, 3.05) is 26.1 Å². The van der Waals surface area contributed by atoms with E-state index in [0.29, 0.717) is 23.9 Å². The molecule has 2 heterocycles. The van der Waals surface area contributed by atoms with Crippen molar-refractivity contribution in [2.45, 2.75) is 12.5 Å². The fourth-order valence-corrected chi connectivity index (χ4v) is 3.41. The third-order valence-corrected chi connectivity index (χ3v) is 4.95. The van der Waals surface area contributed by atoms with Gasteiger partial charge in [0.05, 0.1) is 32.6 Å². The van der Waals surface area contributed by atoms with E-state index in [1.807, 2.05) is 65.2 Å². The Morgan fingerprint density at radius 1 is 1.03 bits per heavy atom. The van der Waals surface area contributed by atoms with Crippen LogP contribution < -0.4 is 14.8 Å². The Morgan fingerprint density at radius 3 is 2.57 bits per heavy atom. The van der Waals surface area contributed by atoms with E-state index < -0.39 is 0 Å². The number of methoxy groups -OCH3 is 2. The second-order valence-corrected chi connectivity index (χ2v) is 6.90. The van der Waals surface area contributed by atoms with Crippen LogP contribution >= 0.6 is 0 Å². The van der Waals surface area contributed by atoms with Gasteiger partial charge in [-0.2, -0.15) is 0 Å². The highest BCUT2D eigenvalue weighted by molar-refractivity contribution is 5.69. The molecule has 0 aliphatic carbocycles. The zero-order chi connectivity index (χ0) is 20.9. The molecule has 1 unspecified atom stereocenters. The number of aromatic nitrogens is 3. The minimum atomic E-state index is -0.189. The van der Waals surface area contributed by atoms with E-state index in [4.69, 9.17) is 14.5 Å². The number of anilines is 1. The fraction of sp³-hybridized carbons (Fsp3) is 0.217. The number of nitrogens with zero attached hydrogens (tertiary/aromatic N) is 3. The average molecular weight is 404 g/mol. The number of hydrogen-bond acceptors (Lipinski definition) is 6. The summed E-state index contributed by atoms with van der Waals surface area (Å²) >= 11 is 0. The van der Waals surface area contributed by atoms with Crippen LogP contribution in [0.25, 0.3) is 16.9 Å². The van der Waals surface area contributed by atoms with Gasteiger partial charge >= 0.3 is 0 Å². The van der Waals surface area contributed by atoms with Crippen LogP contribution in [0.1, 0.15) is 5.56 Å². The van der Waals surface area contributed by atoms with Crippen LogP contribution in [0.4, 0.5) is 5.95 Å². The maximum atomic E-state index is 9.94. The van der Waals surface area contributed by atoms with Gasteiger partial charge in [0, 0.05) is 24.0 Å². The number of ether oxygens (including phenoxy) is 2. The molecule has 0 radical (unpaired) electrons. The Bertz CT molecular complexity index is 1130. The number of fused-ring (bicyclic) bond motifs is 1. The predicted molar refractivity (Wildman–Crippen MR) is 116 cm³/mol. The molecule has 2 aromatic heterocycles. The molecule has 2 N–H and O–H groups in total. The number of hydrogen-bond donors (Lipinski definition) is 2. The molecule has 1 atom stereocenters. The summed E-state index contributed by atoms with van der Waals surface area (Å²) < 4.78 is 12.6. The van der Waals surface area contributed by atoms with E-state index in [1.54, 1.807) is 20.4 Å². The standard InChI is InChI=1S/C23H24N4O3/c1-29-20-9-8-17(13-21(20)30-2)19-14-22-24-10-11-27(22)23(26-19)25-18(15-28)12-16-6-4-3-5-7-16/h3-11,13-14,18,28H,12,15H2,1-2H3,(H,25,26). The van der Waals surface area contributed by atoms with Crippen molar-refractivity contribution in [2.24, 2.45) is 0 Å².